The maximum Gasteiger partial charge on any atom is 0.132 e. The molecule has 0 bridgehead atoms. The Bertz CT molecular complexity index is 615. The molecule has 0 saturated heterocycles. The number of ether oxygens (including phenoxy) is 1. The van der Waals surface area contributed by atoms with Crippen molar-refractivity contribution < 1.29 is 9.13 Å². The van der Waals surface area contributed by atoms with Gasteiger partial charge < -0.3 is 10.1 Å². The molecule has 0 radical (unpaired) electrons. The molecule has 0 spiro atoms. The average molecular weight is 338 g/mol. The highest BCUT2D eigenvalue weighted by molar-refractivity contribution is 9.10. The maximum atomic E-state index is 14.3. The predicted molar refractivity (Wildman–Crippen MR) is 82.7 cm³/mol. The third-order valence-electron chi connectivity index (χ3n) is 3.36. The van der Waals surface area contributed by atoms with Gasteiger partial charge in [0.2, 0.25) is 0 Å². The average Bonchev–Trinajstić information content (AvgIpc) is 2.44. The number of aryl methyl sites for hydroxylation is 1. The number of nitrogens with one attached hydrogen (secondary N) is 1. The summed E-state index contributed by atoms with van der Waals surface area (Å²) in [6.07, 6.45) is 0. The Labute approximate surface area is 127 Å². The Hall–Kier alpha value is -1.39. The summed E-state index contributed by atoms with van der Waals surface area (Å²) in [5.41, 5.74) is 2.77. The molecule has 4 heteroatoms. The van der Waals surface area contributed by atoms with Crippen LogP contribution in [0.1, 0.15) is 22.7 Å². The number of rotatable bonds is 4. The highest BCUT2D eigenvalue weighted by Gasteiger charge is 2.18. The summed E-state index contributed by atoms with van der Waals surface area (Å²) in [7, 11) is 3.36. The molecule has 0 aromatic heterocycles. The van der Waals surface area contributed by atoms with Gasteiger partial charge >= 0.3 is 0 Å². The van der Waals surface area contributed by atoms with Gasteiger partial charge in [-0.2, -0.15) is 0 Å². The summed E-state index contributed by atoms with van der Waals surface area (Å²) >= 11 is 3.47. The topological polar surface area (TPSA) is 21.3 Å². The van der Waals surface area contributed by atoms with E-state index < -0.39 is 0 Å². The lowest BCUT2D eigenvalue weighted by atomic mass is 9.94. The summed E-state index contributed by atoms with van der Waals surface area (Å²) in [6.45, 7) is 2.02. The van der Waals surface area contributed by atoms with Crippen molar-refractivity contribution in [3.05, 3.63) is 63.4 Å². The SMILES string of the molecule is CNC(c1cc(Br)ccc1C)c1ccc(OC)cc1F. The first-order chi connectivity index (χ1) is 9.56. The lowest BCUT2D eigenvalue weighted by Crippen LogP contribution is -2.20. The van der Waals surface area contributed by atoms with Gasteiger partial charge in [0.15, 0.2) is 0 Å². The van der Waals surface area contributed by atoms with Crippen molar-refractivity contribution in [2.75, 3.05) is 14.2 Å². The van der Waals surface area contributed by atoms with Gasteiger partial charge in [-0.25, -0.2) is 4.39 Å². The van der Waals surface area contributed by atoms with Gasteiger partial charge in [0.1, 0.15) is 11.6 Å². The van der Waals surface area contributed by atoms with Gasteiger partial charge in [0.05, 0.1) is 13.2 Å². The molecule has 20 heavy (non-hydrogen) atoms. The van der Waals surface area contributed by atoms with Gasteiger partial charge in [0, 0.05) is 16.1 Å². The largest absolute Gasteiger partial charge is 0.497 e. The summed E-state index contributed by atoms with van der Waals surface area (Å²) < 4.78 is 20.3. The molecule has 0 fully saturated rings. The molecule has 2 nitrogen and oxygen atoms in total. The normalized spacial score (nSPS) is 12.2. The Morgan fingerprint density at radius 3 is 2.50 bits per heavy atom. The van der Waals surface area contributed by atoms with Crippen molar-refractivity contribution >= 4 is 15.9 Å². The smallest absolute Gasteiger partial charge is 0.132 e. The molecule has 1 unspecified atom stereocenters. The van der Waals surface area contributed by atoms with Crippen LogP contribution in [0.4, 0.5) is 4.39 Å². The first-order valence-electron chi connectivity index (χ1n) is 6.33. The summed E-state index contributed by atoms with van der Waals surface area (Å²) in [5.74, 6) is 0.246. The fourth-order valence-corrected chi connectivity index (χ4v) is 2.65. The van der Waals surface area contributed by atoms with Crippen LogP contribution in [0.15, 0.2) is 40.9 Å². The molecule has 0 heterocycles. The fourth-order valence-electron chi connectivity index (χ4n) is 2.27. The van der Waals surface area contributed by atoms with E-state index in [1.54, 1.807) is 12.1 Å². The van der Waals surface area contributed by atoms with Gasteiger partial charge in [0.25, 0.3) is 0 Å². The Morgan fingerprint density at radius 1 is 1.15 bits per heavy atom. The highest BCUT2D eigenvalue weighted by atomic mass is 79.9. The number of halogens is 2. The van der Waals surface area contributed by atoms with Gasteiger partial charge in [-0.05, 0) is 43.3 Å². The second kappa shape index (κ2) is 6.37. The highest BCUT2D eigenvalue weighted by Crippen LogP contribution is 2.30. The van der Waals surface area contributed by atoms with Gasteiger partial charge in [-0.15, -0.1) is 0 Å². The molecule has 2 aromatic rings. The van der Waals surface area contributed by atoms with Crippen molar-refractivity contribution in [3.63, 3.8) is 0 Å². The van der Waals surface area contributed by atoms with Crippen LogP contribution >= 0.6 is 15.9 Å². The van der Waals surface area contributed by atoms with E-state index in [9.17, 15) is 4.39 Å². The van der Waals surface area contributed by atoms with Crippen LogP contribution in [0.2, 0.25) is 0 Å². The van der Waals surface area contributed by atoms with Crippen LogP contribution in [0, 0.1) is 12.7 Å². The number of methoxy groups -OCH3 is 1. The second-order valence-electron chi connectivity index (χ2n) is 4.61. The molecule has 2 aromatic carbocycles. The summed E-state index contributed by atoms with van der Waals surface area (Å²) in [6, 6.07) is 10.8. The minimum absolute atomic E-state index is 0.196. The van der Waals surface area contributed by atoms with Crippen molar-refractivity contribution in [1.82, 2.24) is 5.32 Å². The molecule has 1 N–H and O–H groups in total. The summed E-state index contributed by atoms with van der Waals surface area (Å²) in [5, 5.41) is 3.18. The minimum atomic E-state index is -0.275. The zero-order valence-electron chi connectivity index (χ0n) is 11.7. The minimum Gasteiger partial charge on any atom is -0.497 e. The van der Waals surface area contributed by atoms with Crippen molar-refractivity contribution in [2.24, 2.45) is 0 Å². The Morgan fingerprint density at radius 2 is 1.90 bits per heavy atom. The molecule has 0 amide bonds. The molecule has 106 valence electrons. The van der Waals surface area contributed by atoms with E-state index in [1.807, 2.05) is 32.2 Å². The fraction of sp³-hybridized carbons (Fsp3) is 0.250. The van der Waals surface area contributed by atoms with Gasteiger partial charge in [-0.1, -0.05) is 28.1 Å². The number of hydrogen-bond acceptors (Lipinski definition) is 2. The van der Waals surface area contributed by atoms with E-state index in [0.717, 1.165) is 15.6 Å². The molecule has 0 aliphatic heterocycles. The van der Waals surface area contributed by atoms with Crippen LogP contribution < -0.4 is 10.1 Å². The monoisotopic (exact) mass is 337 g/mol. The lowest BCUT2D eigenvalue weighted by Gasteiger charge is -2.20. The summed E-state index contributed by atoms with van der Waals surface area (Å²) in [4.78, 5) is 0. The third-order valence-corrected chi connectivity index (χ3v) is 3.85. The van der Waals surface area contributed by atoms with Crippen molar-refractivity contribution in [2.45, 2.75) is 13.0 Å². The predicted octanol–water partition coefficient (Wildman–Crippen LogP) is 4.21. The van der Waals surface area contributed by atoms with E-state index in [2.05, 4.69) is 21.2 Å². The Balaban J connectivity index is 2.49. The third kappa shape index (κ3) is 3.02. The second-order valence-corrected chi connectivity index (χ2v) is 5.53. The molecule has 0 saturated carbocycles. The first kappa shape index (κ1) is 15.0. The van der Waals surface area contributed by atoms with Crippen molar-refractivity contribution in [3.8, 4) is 5.75 Å². The zero-order chi connectivity index (χ0) is 14.7. The van der Waals surface area contributed by atoms with Gasteiger partial charge in [-0.3, -0.25) is 0 Å². The van der Waals surface area contributed by atoms with Crippen LogP contribution in [-0.2, 0) is 0 Å². The molecular weight excluding hydrogens is 321 g/mol. The quantitative estimate of drug-likeness (QED) is 0.902. The first-order valence-corrected chi connectivity index (χ1v) is 7.13. The molecule has 0 aliphatic rings. The van der Waals surface area contributed by atoms with E-state index >= 15 is 0 Å². The molecule has 0 aliphatic carbocycles. The van der Waals surface area contributed by atoms with Crippen molar-refractivity contribution in [1.29, 1.82) is 0 Å². The van der Waals surface area contributed by atoms with Crippen LogP contribution in [-0.4, -0.2) is 14.2 Å². The van der Waals surface area contributed by atoms with Crippen LogP contribution in [0.5, 0.6) is 5.75 Å². The van der Waals surface area contributed by atoms with E-state index in [-0.39, 0.29) is 11.9 Å². The lowest BCUT2D eigenvalue weighted by molar-refractivity contribution is 0.410. The number of benzene rings is 2. The Kier molecular flexibility index (Phi) is 4.78. The molecule has 2 rings (SSSR count). The standard InChI is InChI=1S/C16H17BrFNO/c1-10-4-5-11(17)8-14(10)16(19-2)13-7-6-12(20-3)9-15(13)18/h4-9,16,19H,1-3H3. The van der Waals surface area contributed by atoms with Crippen LogP contribution in [0.3, 0.4) is 0 Å². The zero-order valence-corrected chi connectivity index (χ0v) is 13.3. The molecular formula is C16H17BrFNO. The van der Waals surface area contributed by atoms with E-state index in [1.165, 1.54) is 13.2 Å². The maximum absolute atomic E-state index is 14.3. The van der Waals surface area contributed by atoms with E-state index in [0.29, 0.717) is 11.3 Å². The molecule has 1 atom stereocenters. The van der Waals surface area contributed by atoms with E-state index in [4.69, 9.17) is 4.74 Å². The number of hydrogen-bond donors (Lipinski definition) is 1. The van der Waals surface area contributed by atoms with Crippen LogP contribution in [0.25, 0.3) is 0 Å².